The Bertz CT molecular complexity index is 402. The second-order valence-electron chi connectivity index (χ2n) is 2.54. The Morgan fingerprint density at radius 1 is 1.40 bits per heavy atom. The minimum atomic E-state index is -2.81. The number of rotatable bonds is 3. The molecule has 0 fully saturated rings. The molecule has 15 heavy (non-hydrogen) atoms. The molecule has 0 spiro atoms. The number of pyridine rings is 1. The first-order valence-corrected chi connectivity index (χ1v) is 3.94. The Balaban J connectivity index is 3.46. The van der Waals surface area contributed by atoms with Gasteiger partial charge in [-0.25, -0.2) is 13.8 Å². The van der Waals surface area contributed by atoms with Crippen molar-refractivity contribution in [2.45, 2.75) is 6.43 Å². The minimum Gasteiger partial charge on any atom is -0.491 e. The molecule has 0 aliphatic carbocycles. The van der Waals surface area contributed by atoms with Gasteiger partial charge in [0, 0.05) is 6.20 Å². The highest BCUT2D eigenvalue weighted by molar-refractivity contribution is 5.51. The highest BCUT2D eigenvalue weighted by Crippen LogP contribution is 2.37. The highest BCUT2D eigenvalue weighted by atomic mass is 19.3. The lowest BCUT2D eigenvalue weighted by atomic mass is 10.1. The SMILES string of the molecule is COc1ncc(C#N)c(C(F)F)c1OC. The fraction of sp³-hybridized carbons (Fsp3) is 0.333. The summed E-state index contributed by atoms with van der Waals surface area (Å²) in [6.07, 6.45) is -1.78. The molecular formula is C9H8F2N2O2. The maximum atomic E-state index is 12.7. The van der Waals surface area contributed by atoms with Crippen LogP contribution in [0.15, 0.2) is 6.20 Å². The Morgan fingerprint density at radius 3 is 2.47 bits per heavy atom. The molecule has 0 bridgehead atoms. The molecule has 1 heterocycles. The maximum Gasteiger partial charge on any atom is 0.268 e. The topological polar surface area (TPSA) is 55.1 Å². The van der Waals surface area contributed by atoms with Crippen molar-refractivity contribution in [3.63, 3.8) is 0 Å². The van der Waals surface area contributed by atoms with E-state index < -0.39 is 12.0 Å². The van der Waals surface area contributed by atoms with Gasteiger partial charge in [-0.05, 0) is 0 Å². The van der Waals surface area contributed by atoms with Crippen LogP contribution < -0.4 is 9.47 Å². The van der Waals surface area contributed by atoms with Gasteiger partial charge in [-0.1, -0.05) is 0 Å². The summed E-state index contributed by atoms with van der Waals surface area (Å²) in [5.41, 5.74) is -0.713. The van der Waals surface area contributed by atoms with Crippen molar-refractivity contribution in [1.29, 1.82) is 5.26 Å². The summed E-state index contributed by atoms with van der Waals surface area (Å²) in [7, 11) is 2.50. The fourth-order valence-electron chi connectivity index (χ4n) is 1.14. The van der Waals surface area contributed by atoms with Gasteiger partial charge in [0.2, 0.25) is 0 Å². The van der Waals surface area contributed by atoms with Gasteiger partial charge >= 0.3 is 0 Å². The quantitative estimate of drug-likeness (QED) is 0.771. The molecule has 0 saturated carbocycles. The van der Waals surface area contributed by atoms with E-state index in [2.05, 4.69) is 4.98 Å². The molecule has 0 amide bonds. The van der Waals surface area contributed by atoms with Crippen LogP contribution in [0.25, 0.3) is 0 Å². The summed E-state index contributed by atoms with van der Waals surface area (Å²) in [5.74, 6) is -0.265. The normalized spacial score (nSPS) is 9.87. The predicted molar refractivity (Wildman–Crippen MR) is 47.0 cm³/mol. The fourth-order valence-corrected chi connectivity index (χ4v) is 1.14. The molecule has 0 N–H and O–H groups in total. The van der Waals surface area contributed by atoms with E-state index >= 15 is 0 Å². The minimum absolute atomic E-state index is 0.0631. The van der Waals surface area contributed by atoms with Crippen LogP contribution in [-0.4, -0.2) is 19.2 Å². The van der Waals surface area contributed by atoms with E-state index in [4.69, 9.17) is 14.7 Å². The Hall–Kier alpha value is -1.90. The lowest BCUT2D eigenvalue weighted by Crippen LogP contribution is -2.01. The van der Waals surface area contributed by atoms with Crippen molar-refractivity contribution in [2.75, 3.05) is 14.2 Å². The zero-order chi connectivity index (χ0) is 11.4. The van der Waals surface area contributed by atoms with Gasteiger partial charge in [0.25, 0.3) is 12.3 Å². The standard InChI is InChI=1S/C9H8F2N2O2/c1-14-7-6(8(10)11)5(3-12)4-13-9(7)15-2/h4,8H,1-2H3. The molecule has 6 heteroatoms. The number of ether oxygens (including phenoxy) is 2. The lowest BCUT2D eigenvalue weighted by molar-refractivity contribution is 0.145. The number of hydrogen-bond acceptors (Lipinski definition) is 4. The summed E-state index contributed by atoms with van der Waals surface area (Å²) >= 11 is 0. The molecule has 0 aliphatic heterocycles. The van der Waals surface area contributed by atoms with E-state index in [0.29, 0.717) is 0 Å². The van der Waals surface area contributed by atoms with Gasteiger partial charge in [-0.2, -0.15) is 5.26 Å². The van der Waals surface area contributed by atoms with E-state index in [1.54, 1.807) is 6.07 Å². The molecule has 4 nitrogen and oxygen atoms in total. The second-order valence-corrected chi connectivity index (χ2v) is 2.54. The van der Waals surface area contributed by atoms with Crippen LogP contribution in [0.2, 0.25) is 0 Å². The van der Waals surface area contributed by atoms with Crippen molar-refractivity contribution in [3.05, 3.63) is 17.3 Å². The molecule has 0 radical (unpaired) electrons. The first-order valence-electron chi connectivity index (χ1n) is 3.94. The second kappa shape index (κ2) is 4.55. The maximum absolute atomic E-state index is 12.7. The van der Waals surface area contributed by atoms with Gasteiger partial charge in [-0.15, -0.1) is 0 Å². The molecule has 0 aromatic carbocycles. The molecule has 0 atom stereocenters. The van der Waals surface area contributed by atoms with Gasteiger partial charge in [0.1, 0.15) is 6.07 Å². The number of hydrogen-bond donors (Lipinski definition) is 0. The molecule has 0 aliphatic rings. The van der Waals surface area contributed by atoms with Crippen LogP contribution in [0.5, 0.6) is 11.6 Å². The number of halogens is 2. The van der Waals surface area contributed by atoms with Gasteiger partial charge < -0.3 is 9.47 Å². The van der Waals surface area contributed by atoms with Crippen LogP contribution in [0, 0.1) is 11.3 Å². The van der Waals surface area contributed by atoms with E-state index in [-0.39, 0.29) is 17.2 Å². The number of nitriles is 1. The molecule has 80 valence electrons. The van der Waals surface area contributed by atoms with Crippen LogP contribution in [-0.2, 0) is 0 Å². The van der Waals surface area contributed by atoms with Crippen LogP contribution in [0.3, 0.4) is 0 Å². The number of alkyl halides is 2. The Morgan fingerprint density at radius 2 is 2.07 bits per heavy atom. The largest absolute Gasteiger partial charge is 0.491 e. The monoisotopic (exact) mass is 214 g/mol. The molecule has 0 unspecified atom stereocenters. The van der Waals surface area contributed by atoms with Gasteiger partial charge in [0.15, 0.2) is 5.75 Å². The highest BCUT2D eigenvalue weighted by Gasteiger charge is 2.23. The smallest absolute Gasteiger partial charge is 0.268 e. The summed E-state index contributed by atoms with van der Waals surface area (Å²) in [4.78, 5) is 3.68. The van der Waals surface area contributed by atoms with Crippen molar-refractivity contribution in [3.8, 4) is 17.7 Å². The summed E-state index contributed by atoms with van der Waals surface area (Å²) in [5, 5.41) is 8.63. The first kappa shape index (κ1) is 11.2. The molecule has 1 aromatic heterocycles. The van der Waals surface area contributed by atoms with Gasteiger partial charge in [-0.3, -0.25) is 0 Å². The number of methoxy groups -OCH3 is 2. The third kappa shape index (κ3) is 1.96. The van der Waals surface area contributed by atoms with E-state index in [0.717, 1.165) is 6.20 Å². The van der Waals surface area contributed by atoms with Crippen molar-refractivity contribution in [2.24, 2.45) is 0 Å². The molecule has 0 saturated heterocycles. The molecule has 1 aromatic rings. The zero-order valence-electron chi connectivity index (χ0n) is 8.12. The van der Waals surface area contributed by atoms with E-state index in [1.165, 1.54) is 14.2 Å². The third-order valence-electron chi connectivity index (χ3n) is 1.78. The van der Waals surface area contributed by atoms with Crippen LogP contribution in [0.4, 0.5) is 8.78 Å². The first-order chi connectivity index (χ1) is 7.15. The van der Waals surface area contributed by atoms with Crippen molar-refractivity contribution < 1.29 is 18.3 Å². The van der Waals surface area contributed by atoms with Gasteiger partial charge in [0.05, 0.1) is 25.3 Å². The Kier molecular flexibility index (Phi) is 3.39. The summed E-state index contributed by atoms with van der Waals surface area (Å²) in [6, 6.07) is 1.62. The molecular weight excluding hydrogens is 206 g/mol. The van der Waals surface area contributed by atoms with Crippen LogP contribution in [0.1, 0.15) is 17.6 Å². The van der Waals surface area contributed by atoms with Crippen LogP contribution >= 0.6 is 0 Å². The van der Waals surface area contributed by atoms with Crippen molar-refractivity contribution >= 4 is 0 Å². The Labute approximate surface area is 85.1 Å². The third-order valence-corrected chi connectivity index (χ3v) is 1.78. The van der Waals surface area contributed by atoms with E-state index in [1.807, 2.05) is 0 Å². The van der Waals surface area contributed by atoms with E-state index in [9.17, 15) is 8.78 Å². The average molecular weight is 214 g/mol. The zero-order valence-corrected chi connectivity index (χ0v) is 8.12. The predicted octanol–water partition coefficient (Wildman–Crippen LogP) is 1.91. The number of nitrogens with zero attached hydrogens (tertiary/aromatic N) is 2. The average Bonchev–Trinajstić information content (AvgIpc) is 2.26. The van der Waals surface area contributed by atoms with Crippen molar-refractivity contribution in [1.82, 2.24) is 4.98 Å². The molecule has 1 rings (SSSR count). The summed E-state index contributed by atoms with van der Waals surface area (Å²) < 4.78 is 34.8. The number of aromatic nitrogens is 1. The summed E-state index contributed by atoms with van der Waals surface area (Å²) in [6.45, 7) is 0. The lowest BCUT2D eigenvalue weighted by Gasteiger charge is -2.11.